The fourth-order valence-corrected chi connectivity index (χ4v) is 2.32. The predicted octanol–water partition coefficient (Wildman–Crippen LogP) is 1.37. The molecule has 1 aliphatic carbocycles. The second-order valence-corrected chi connectivity index (χ2v) is 6.26. The van der Waals surface area contributed by atoms with Gasteiger partial charge in [0.05, 0.1) is 5.54 Å². The first kappa shape index (κ1) is 10.9. The second kappa shape index (κ2) is 3.21. The van der Waals surface area contributed by atoms with Crippen LogP contribution < -0.4 is 5.73 Å². The van der Waals surface area contributed by atoms with Gasteiger partial charge in [-0.25, -0.2) is 0 Å². The quantitative estimate of drug-likeness (QED) is 0.710. The van der Waals surface area contributed by atoms with E-state index in [-0.39, 0.29) is 5.91 Å². The highest BCUT2D eigenvalue weighted by Gasteiger charge is 2.49. The molecule has 1 aliphatic heterocycles. The largest absolute Gasteiger partial charge is 0.341 e. The lowest BCUT2D eigenvalue weighted by atomic mass is 9.80. The van der Waals surface area contributed by atoms with Gasteiger partial charge in [-0.1, -0.05) is 20.8 Å². The number of rotatable bonds is 1. The third kappa shape index (κ3) is 2.03. The molecule has 86 valence electrons. The zero-order valence-electron chi connectivity index (χ0n) is 10.0. The van der Waals surface area contributed by atoms with Crippen molar-refractivity contribution >= 4 is 5.91 Å². The summed E-state index contributed by atoms with van der Waals surface area (Å²) >= 11 is 0. The molecule has 0 spiro atoms. The van der Waals surface area contributed by atoms with Crippen molar-refractivity contribution in [3.05, 3.63) is 0 Å². The zero-order valence-corrected chi connectivity index (χ0v) is 10.0. The molecule has 3 nitrogen and oxygen atoms in total. The van der Waals surface area contributed by atoms with Crippen LogP contribution in [0.4, 0.5) is 0 Å². The highest BCUT2D eigenvalue weighted by Crippen LogP contribution is 2.38. The first-order chi connectivity index (χ1) is 6.83. The smallest absolute Gasteiger partial charge is 0.242 e. The molecule has 0 aromatic heterocycles. The molecule has 2 N–H and O–H groups in total. The minimum atomic E-state index is -0.479. The molecule has 0 bridgehead atoms. The molecule has 3 heteroatoms. The van der Waals surface area contributed by atoms with E-state index < -0.39 is 5.54 Å². The summed E-state index contributed by atoms with van der Waals surface area (Å²) in [6, 6.07) is 0. The molecule has 1 atom stereocenters. The normalized spacial score (nSPS) is 29.3. The average molecular weight is 210 g/mol. The third-order valence-corrected chi connectivity index (χ3v) is 3.91. The second-order valence-electron chi connectivity index (χ2n) is 6.26. The number of nitrogens with two attached hydrogens (primary N) is 1. The van der Waals surface area contributed by atoms with Crippen molar-refractivity contribution in [2.24, 2.45) is 17.1 Å². The van der Waals surface area contributed by atoms with Crippen LogP contribution in [-0.2, 0) is 4.79 Å². The maximum Gasteiger partial charge on any atom is 0.242 e. The van der Waals surface area contributed by atoms with Gasteiger partial charge in [0.25, 0.3) is 0 Å². The molecule has 1 unspecified atom stereocenters. The first-order valence-electron chi connectivity index (χ1n) is 5.91. The van der Waals surface area contributed by atoms with Gasteiger partial charge in [0.15, 0.2) is 0 Å². The number of carbonyl (C=O) groups excluding carboxylic acids is 1. The van der Waals surface area contributed by atoms with E-state index in [1.54, 1.807) is 0 Å². The molecule has 0 aromatic rings. The van der Waals surface area contributed by atoms with E-state index in [1.165, 1.54) is 0 Å². The van der Waals surface area contributed by atoms with Gasteiger partial charge < -0.3 is 10.6 Å². The monoisotopic (exact) mass is 210 g/mol. The molecular weight excluding hydrogens is 188 g/mol. The summed E-state index contributed by atoms with van der Waals surface area (Å²) in [6.45, 7) is 8.56. The van der Waals surface area contributed by atoms with Crippen LogP contribution in [0.3, 0.4) is 0 Å². The van der Waals surface area contributed by atoms with Gasteiger partial charge in [0.2, 0.25) is 5.91 Å². The number of carbonyl (C=O) groups is 1. The summed E-state index contributed by atoms with van der Waals surface area (Å²) in [7, 11) is 0. The summed E-state index contributed by atoms with van der Waals surface area (Å²) in [4.78, 5) is 14.0. The van der Waals surface area contributed by atoms with Crippen LogP contribution in [0.5, 0.6) is 0 Å². The van der Waals surface area contributed by atoms with Crippen molar-refractivity contribution in [2.45, 2.75) is 45.6 Å². The van der Waals surface area contributed by atoms with Gasteiger partial charge in [-0.15, -0.1) is 0 Å². The summed E-state index contributed by atoms with van der Waals surface area (Å²) in [5.74, 6) is 0.818. The number of hydrogen-bond donors (Lipinski definition) is 1. The van der Waals surface area contributed by atoms with Crippen LogP contribution in [-0.4, -0.2) is 29.4 Å². The minimum absolute atomic E-state index is 0.189. The molecule has 2 fully saturated rings. The molecule has 1 heterocycles. The van der Waals surface area contributed by atoms with Gasteiger partial charge in [0, 0.05) is 13.1 Å². The lowest BCUT2D eigenvalue weighted by Crippen LogP contribution is -2.45. The standard InChI is InChI=1S/C12H22N2O/c1-11(2,3)9-4-7-14(8-9)10(15)12(13)5-6-12/h9H,4-8,13H2,1-3H3. The molecule has 2 aliphatic rings. The Morgan fingerprint density at radius 1 is 1.40 bits per heavy atom. The van der Waals surface area contributed by atoms with E-state index in [2.05, 4.69) is 20.8 Å². The highest BCUT2D eigenvalue weighted by molar-refractivity contribution is 5.89. The van der Waals surface area contributed by atoms with Crippen molar-refractivity contribution < 1.29 is 4.79 Å². The molecule has 0 aromatic carbocycles. The Bertz CT molecular complexity index is 276. The third-order valence-electron chi connectivity index (χ3n) is 3.91. The average Bonchev–Trinajstić information content (AvgIpc) is 2.68. The molecule has 1 amide bonds. The fourth-order valence-electron chi connectivity index (χ4n) is 2.32. The lowest BCUT2D eigenvalue weighted by molar-refractivity contribution is -0.132. The van der Waals surface area contributed by atoms with Crippen LogP contribution >= 0.6 is 0 Å². The molecule has 1 saturated heterocycles. The van der Waals surface area contributed by atoms with Crippen molar-refractivity contribution in [3.8, 4) is 0 Å². The number of nitrogens with zero attached hydrogens (tertiary/aromatic N) is 1. The van der Waals surface area contributed by atoms with Gasteiger partial charge in [-0.05, 0) is 30.6 Å². The SMILES string of the molecule is CC(C)(C)C1CCN(C(=O)C2(N)CC2)C1. The van der Waals surface area contributed by atoms with Crippen molar-refractivity contribution in [1.29, 1.82) is 0 Å². The van der Waals surface area contributed by atoms with Crippen LogP contribution in [0.15, 0.2) is 0 Å². The Hall–Kier alpha value is -0.570. The predicted molar refractivity (Wildman–Crippen MR) is 60.3 cm³/mol. The van der Waals surface area contributed by atoms with Crippen molar-refractivity contribution in [2.75, 3.05) is 13.1 Å². The maximum absolute atomic E-state index is 12.0. The zero-order chi connectivity index (χ0) is 11.3. The Morgan fingerprint density at radius 2 is 2.00 bits per heavy atom. The summed E-state index contributed by atoms with van der Waals surface area (Å²) < 4.78 is 0. The van der Waals surface area contributed by atoms with Crippen LogP contribution in [0.2, 0.25) is 0 Å². The van der Waals surface area contributed by atoms with E-state index in [0.717, 1.165) is 32.4 Å². The Labute approximate surface area is 92.0 Å². The molecular formula is C12H22N2O. The van der Waals surface area contributed by atoms with Gasteiger partial charge in [0.1, 0.15) is 0 Å². The minimum Gasteiger partial charge on any atom is -0.341 e. The molecule has 2 rings (SSSR count). The van der Waals surface area contributed by atoms with Gasteiger partial charge in [-0.2, -0.15) is 0 Å². The van der Waals surface area contributed by atoms with Crippen LogP contribution in [0.1, 0.15) is 40.0 Å². The van der Waals surface area contributed by atoms with Crippen LogP contribution in [0.25, 0.3) is 0 Å². The van der Waals surface area contributed by atoms with E-state index in [0.29, 0.717) is 11.3 Å². The fraction of sp³-hybridized carbons (Fsp3) is 0.917. The summed E-state index contributed by atoms with van der Waals surface area (Å²) in [5, 5.41) is 0. The first-order valence-corrected chi connectivity index (χ1v) is 5.91. The van der Waals surface area contributed by atoms with Crippen molar-refractivity contribution in [1.82, 2.24) is 4.90 Å². The van der Waals surface area contributed by atoms with Gasteiger partial charge in [-0.3, -0.25) is 4.79 Å². The van der Waals surface area contributed by atoms with E-state index >= 15 is 0 Å². The van der Waals surface area contributed by atoms with Gasteiger partial charge >= 0.3 is 0 Å². The van der Waals surface area contributed by atoms with Crippen molar-refractivity contribution in [3.63, 3.8) is 0 Å². The summed E-state index contributed by atoms with van der Waals surface area (Å²) in [6.07, 6.45) is 2.89. The Balaban J connectivity index is 1.96. The van der Waals surface area contributed by atoms with E-state index in [9.17, 15) is 4.79 Å². The highest BCUT2D eigenvalue weighted by atomic mass is 16.2. The number of hydrogen-bond acceptors (Lipinski definition) is 2. The van der Waals surface area contributed by atoms with Crippen LogP contribution in [0, 0.1) is 11.3 Å². The Kier molecular flexibility index (Phi) is 2.34. The van der Waals surface area contributed by atoms with E-state index in [1.807, 2.05) is 4.90 Å². The number of amides is 1. The Morgan fingerprint density at radius 3 is 2.40 bits per heavy atom. The maximum atomic E-state index is 12.0. The number of likely N-dealkylation sites (tertiary alicyclic amines) is 1. The molecule has 15 heavy (non-hydrogen) atoms. The lowest BCUT2D eigenvalue weighted by Gasteiger charge is -2.27. The molecule has 1 saturated carbocycles. The summed E-state index contributed by atoms with van der Waals surface area (Å²) in [5.41, 5.74) is 5.76. The molecule has 0 radical (unpaired) electrons. The topological polar surface area (TPSA) is 46.3 Å². The van der Waals surface area contributed by atoms with E-state index in [4.69, 9.17) is 5.73 Å².